The molecule has 8 heteroatoms. The zero-order chi connectivity index (χ0) is 21.4. The predicted molar refractivity (Wildman–Crippen MR) is 118 cm³/mol. The number of ether oxygens (including phenoxy) is 1. The SMILES string of the molecule is N#Cc1c(N)nc2c(c1N)C([S+](Cc1ccco1)Cc1ccco1)c1ccccc1O2. The zero-order valence-corrected chi connectivity index (χ0v) is 17.3. The molecular formula is C23H19N4O3S+. The lowest BCUT2D eigenvalue weighted by atomic mass is 9.98. The number of nitrogens with zero attached hydrogens (tertiary/aromatic N) is 2. The van der Waals surface area contributed by atoms with Gasteiger partial charge in [0.1, 0.15) is 23.2 Å². The van der Waals surface area contributed by atoms with Crippen molar-refractivity contribution < 1.29 is 13.6 Å². The third-order valence-electron chi connectivity index (χ3n) is 5.20. The molecule has 1 atom stereocenters. The zero-order valence-electron chi connectivity index (χ0n) is 16.4. The van der Waals surface area contributed by atoms with Crippen LogP contribution in [-0.4, -0.2) is 4.98 Å². The molecule has 4 aromatic rings. The number of rotatable bonds is 5. The largest absolute Gasteiger partial charge is 0.464 e. The van der Waals surface area contributed by atoms with E-state index in [0.717, 1.165) is 17.1 Å². The second kappa shape index (κ2) is 7.78. The average Bonchev–Trinajstić information content (AvgIpc) is 3.46. The summed E-state index contributed by atoms with van der Waals surface area (Å²) in [6, 6.07) is 17.6. The second-order valence-electron chi connectivity index (χ2n) is 7.12. The number of furan rings is 2. The molecule has 4 heterocycles. The normalized spacial score (nSPS) is 14.5. The molecule has 3 aromatic heterocycles. The van der Waals surface area contributed by atoms with Crippen LogP contribution in [0.1, 0.15) is 33.5 Å². The lowest BCUT2D eigenvalue weighted by Crippen LogP contribution is -2.25. The third-order valence-corrected chi connectivity index (χ3v) is 7.67. The molecule has 0 bridgehead atoms. The fraction of sp³-hybridized carbons (Fsp3) is 0.130. The van der Waals surface area contributed by atoms with Gasteiger partial charge in [-0.05, 0) is 36.4 Å². The Kier molecular flexibility index (Phi) is 4.81. The first-order valence-electron chi connectivity index (χ1n) is 9.62. The predicted octanol–water partition coefficient (Wildman–Crippen LogP) is 4.52. The van der Waals surface area contributed by atoms with Crippen LogP contribution in [0.4, 0.5) is 11.5 Å². The van der Waals surface area contributed by atoms with Gasteiger partial charge < -0.3 is 25.0 Å². The number of hydrogen-bond donors (Lipinski definition) is 2. The molecular weight excluding hydrogens is 412 g/mol. The van der Waals surface area contributed by atoms with Gasteiger partial charge in [0.25, 0.3) is 0 Å². The number of benzene rings is 1. The number of anilines is 2. The van der Waals surface area contributed by atoms with Crippen molar-refractivity contribution in [2.45, 2.75) is 16.8 Å². The van der Waals surface area contributed by atoms with Crippen molar-refractivity contribution in [1.29, 1.82) is 5.26 Å². The minimum absolute atomic E-state index is 0.0637. The van der Waals surface area contributed by atoms with E-state index in [2.05, 4.69) is 11.1 Å². The molecule has 0 amide bonds. The fourth-order valence-corrected chi connectivity index (χ4v) is 6.44. The van der Waals surface area contributed by atoms with Gasteiger partial charge in [-0.3, -0.25) is 0 Å². The van der Waals surface area contributed by atoms with Crippen LogP contribution in [0, 0.1) is 11.3 Å². The maximum absolute atomic E-state index is 9.62. The van der Waals surface area contributed by atoms with Crippen LogP contribution in [0.2, 0.25) is 0 Å². The number of hydrogen-bond acceptors (Lipinski definition) is 7. The van der Waals surface area contributed by atoms with Crippen molar-refractivity contribution in [3.63, 3.8) is 0 Å². The number of nitrogens with two attached hydrogens (primary N) is 2. The summed E-state index contributed by atoms with van der Waals surface area (Å²) in [5.41, 5.74) is 14.6. The molecule has 1 unspecified atom stereocenters. The minimum Gasteiger partial charge on any atom is -0.464 e. The van der Waals surface area contributed by atoms with Crippen LogP contribution in [0.5, 0.6) is 11.6 Å². The molecule has 0 saturated heterocycles. The lowest BCUT2D eigenvalue weighted by Gasteiger charge is -2.28. The molecule has 1 aliphatic heterocycles. The number of fused-ring (bicyclic) bond motifs is 2. The van der Waals surface area contributed by atoms with Gasteiger partial charge in [0, 0.05) is 10.9 Å². The van der Waals surface area contributed by atoms with Crippen LogP contribution in [-0.2, 0) is 22.4 Å². The Morgan fingerprint density at radius 1 is 0.968 bits per heavy atom. The highest BCUT2D eigenvalue weighted by Crippen LogP contribution is 2.51. The highest BCUT2D eigenvalue weighted by Gasteiger charge is 2.44. The van der Waals surface area contributed by atoms with E-state index >= 15 is 0 Å². The molecule has 0 fully saturated rings. The fourth-order valence-electron chi connectivity index (χ4n) is 3.83. The van der Waals surface area contributed by atoms with Gasteiger partial charge >= 0.3 is 0 Å². The van der Waals surface area contributed by atoms with Gasteiger partial charge in [-0.15, -0.1) is 0 Å². The van der Waals surface area contributed by atoms with Gasteiger partial charge in [0.15, 0.2) is 28.3 Å². The second-order valence-corrected chi connectivity index (χ2v) is 9.24. The average molecular weight is 431 g/mol. The van der Waals surface area contributed by atoms with Crippen molar-refractivity contribution in [2.24, 2.45) is 0 Å². The third kappa shape index (κ3) is 3.39. The van der Waals surface area contributed by atoms with E-state index in [1.165, 1.54) is 0 Å². The van der Waals surface area contributed by atoms with Gasteiger partial charge in [-0.25, -0.2) is 0 Å². The lowest BCUT2D eigenvalue weighted by molar-refractivity contribution is 0.440. The molecule has 0 aliphatic carbocycles. The molecule has 154 valence electrons. The number of nitrogen functional groups attached to an aromatic ring is 2. The Labute approximate surface area is 181 Å². The van der Waals surface area contributed by atoms with E-state index in [1.807, 2.05) is 48.5 Å². The highest BCUT2D eigenvalue weighted by molar-refractivity contribution is 7.95. The van der Waals surface area contributed by atoms with Crippen molar-refractivity contribution in [3.8, 4) is 17.7 Å². The van der Waals surface area contributed by atoms with Crippen molar-refractivity contribution in [1.82, 2.24) is 4.98 Å². The number of para-hydroxylation sites is 1. The van der Waals surface area contributed by atoms with Crippen LogP contribution >= 0.6 is 0 Å². The number of nitriles is 1. The summed E-state index contributed by atoms with van der Waals surface area (Å²) in [5.74, 6) is 4.16. The topological polar surface area (TPSA) is 124 Å². The smallest absolute Gasteiger partial charge is 0.232 e. The summed E-state index contributed by atoms with van der Waals surface area (Å²) in [5, 5.41) is 9.45. The first-order chi connectivity index (χ1) is 15.2. The maximum Gasteiger partial charge on any atom is 0.232 e. The summed E-state index contributed by atoms with van der Waals surface area (Å²) in [4.78, 5) is 4.38. The molecule has 0 radical (unpaired) electrons. The van der Waals surface area contributed by atoms with Gasteiger partial charge in [-0.2, -0.15) is 10.2 Å². The summed E-state index contributed by atoms with van der Waals surface area (Å²) in [6.45, 7) is 0. The molecule has 4 N–H and O–H groups in total. The Morgan fingerprint density at radius 3 is 2.26 bits per heavy atom. The van der Waals surface area contributed by atoms with E-state index in [9.17, 15) is 5.26 Å². The van der Waals surface area contributed by atoms with Gasteiger partial charge in [0.05, 0.1) is 29.3 Å². The first kappa shape index (κ1) is 19.2. The maximum atomic E-state index is 9.62. The molecule has 1 aliphatic rings. The summed E-state index contributed by atoms with van der Waals surface area (Å²) < 4.78 is 17.4. The number of pyridine rings is 1. The van der Waals surface area contributed by atoms with E-state index in [0.29, 0.717) is 34.4 Å². The van der Waals surface area contributed by atoms with E-state index in [4.69, 9.17) is 25.0 Å². The van der Waals surface area contributed by atoms with Gasteiger partial charge in [-0.1, -0.05) is 12.1 Å². The van der Waals surface area contributed by atoms with Crippen LogP contribution in [0.3, 0.4) is 0 Å². The summed E-state index contributed by atoms with van der Waals surface area (Å²) in [7, 11) is -0.357. The number of aromatic nitrogens is 1. The van der Waals surface area contributed by atoms with Crippen LogP contribution < -0.4 is 16.2 Å². The summed E-state index contributed by atoms with van der Waals surface area (Å²) >= 11 is 0. The minimum atomic E-state index is -0.357. The van der Waals surface area contributed by atoms with Crippen molar-refractivity contribution in [2.75, 3.05) is 11.5 Å². The monoisotopic (exact) mass is 431 g/mol. The van der Waals surface area contributed by atoms with E-state index < -0.39 is 0 Å². The first-order valence-corrected chi connectivity index (χ1v) is 11.2. The van der Waals surface area contributed by atoms with Crippen LogP contribution in [0.25, 0.3) is 0 Å². The quantitative estimate of drug-likeness (QED) is 0.445. The Morgan fingerprint density at radius 2 is 1.65 bits per heavy atom. The van der Waals surface area contributed by atoms with E-state index in [1.54, 1.807) is 12.5 Å². The Hall–Kier alpha value is -3.83. The molecule has 0 spiro atoms. The van der Waals surface area contributed by atoms with Crippen molar-refractivity contribution >= 4 is 22.4 Å². The molecule has 5 rings (SSSR count). The molecule has 7 nitrogen and oxygen atoms in total. The highest BCUT2D eigenvalue weighted by atomic mass is 32.2. The summed E-state index contributed by atoms with van der Waals surface area (Å²) in [6.07, 6.45) is 3.33. The van der Waals surface area contributed by atoms with Gasteiger partial charge in [0.2, 0.25) is 5.88 Å². The van der Waals surface area contributed by atoms with Crippen LogP contribution in [0.15, 0.2) is 69.9 Å². The van der Waals surface area contributed by atoms with Crippen molar-refractivity contribution in [3.05, 3.63) is 89.3 Å². The van der Waals surface area contributed by atoms with E-state index in [-0.39, 0.29) is 27.5 Å². The Balaban J connectivity index is 1.70. The molecule has 1 aromatic carbocycles. The molecule has 0 saturated carbocycles. The Bertz CT molecular complexity index is 1230. The molecule has 31 heavy (non-hydrogen) atoms. The standard InChI is InChI=1S/C23H19N4O3S/c24-11-17-20(25)19-21(16-7-1-2-8-18(16)30-23(19)27-22(17)26)31(12-14-5-3-9-28-14)13-15-6-4-10-29-15/h1-10,21H,12-13H2,(H4,25,26,27)/q+1.